The Hall–Kier alpha value is -1.64. The lowest BCUT2D eigenvalue weighted by Crippen LogP contribution is -2.01. The molecule has 0 aromatic heterocycles. The highest BCUT2D eigenvalue weighted by molar-refractivity contribution is 5.86. The summed E-state index contributed by atoms with van der Waals surface area (Å²) in [5.74, 6) is -0.709. The zero-order chi connectivity index (χ0) is 11.8. The summed E-state index contributed by atoms with van der Waals surface area (Å²) in [6.45, 7) is 2.46. The van der Waals surface area contributed by atoms with Gasteiger partial charge in [0, 0.05) is 6.08 Å². The second-order valence-electron chi connectivity index (χ2n) is 3.41. The van der Waals surface area contributed by atoms with Crippen molar-refractivity contribution in [3.8, 4) is 0 Å². The number of carbonyl (C=O) groups is 1. The summed E-state index contributed by atoms with van der Waals surface area (Å²) in [5, 5.41) is 0. The lowest BCUT2D eigenvalue weighted by molar-refractivity contribution is -0.137. The van der Waals surface area contributed by atoms with Crippen molar-refractivity contribution in [2.75, 3.05) is 6.61 Å². The molecule has 0 atom stereocenters. The molecular formula is C13H15FO2. The van der Waals surface area contributed by atoms with Crippen LogP contribution in [-0.2, 0) is 9.53 Å². The minimum absolute atomic E-state index is 0.318. The van der Waals surface area contributed by atoms with Crippen molar-refractivity contribution in [3.05, 3.63) is 41.7 Å². The molecule has 16 heavy (non-hydrogen) atoms. The molecule has 0 heterocycles. The van der Waals surface area contributed by atoms with Crippen LogP contribution < -0.4 is 0 Å². The number of benzene rings is 1. The van der Waals surface area contributed by atoms with Crippen LogP contribution in [0.25, 0.3) is 6.08 Å². The Morgan fingerprint density at radius 3 is 3.00 bits per heavy atom. The van der Waals surface area contributed by atoms with E-state index < -0.39 is 5.97 Å². The highest BCUT2D eigenvalue weighted by Crippen LogP contribution is 2.05. The Labute approximate surface area is 94.7 Å². The van der Waals surface area contributed by atoms with Gasteiger partial charge in [-0.3, -0.25) is 0 Å². The summed E-state index contributed by atoms with van der Waals surface area (Å²) < 4.78 is 17.7. The van der Waals surface area contributed by atoms with Crippen molar-refractivity contribution in [1.29, 1.82) is 0 Å². The van der Waals surface area contributed by atoms with Gasteiger partial charge in [-0.1, -0.05) is 25.5 Å². The van der Waals surface area contributed by atoms with Crippen LogP contribution in [-0.4, -0.2) is 12.6 Å². The fraction of sp³-hybridized carbons (Fsp3) is 0.308. The first-order chi connectivity index (χ1) is 7.72. The predicted octanol–water partition coefficient (Wildman–Crippen LogP) is 3.18. The van der Waals surface area contributed by atoms with Gasteiger partial charge in [0.1, 0.15) is 5.82 Å². The molecule has 0 amide bonds. The van der Waals surface area contributed by atoms with Crippen LogP contribution in [0.5, 0.6) is 0 Å². The fourth-order valence-electron chi connectivity index (χ4n) is 1.14. The molecule has 1 aromatic rings. The van der Waals surface area contributed by atoms with Gasteiger partial charge >= 0.3 is 5.97 Å². The Bertz CT molecular complexity index is 372. The lowest BCUT2D eigenvalue weighted by Gasteiger charge is -1.99. The number of carbonyl (C=O) groups excluding carboxylic acids is 1. The molecule has 0 aliphatic carbocycles. The average molecular weight is 222 g/mol. The quantitative estimate of drug-likeness (QED) is 0.434. The van der Waals surface area contributed by atoms with E-state index in [9.17, 15) is 9.18 Å². The maximum atomic E-state index is 12.8. The Morgan fingerprint density at radius 1 is 1.50 bits per heavy atom. The molecule has 0 spiro atoms. The zero-order valence-corrected chi connectivity index (χ0v) is 9.28. The van der Waals surface area contributed by atoms with Gasteiger partial charge in [0.05, 0.1) is 6.61 Å². The molecule has 0 fully saturated rings. The number of esters is 1. The number of hydrogen-bond acceptors (Lipinski definition) is 2. The second-order valence-corrected chi connectivity index (χ2v) is 3.41. The van der Waals surface area contributed by atoms with Gasteiger partial charge in [0.15, 0.2) is 0 Å². The molecule has 0 unspecified atom stereocenters. The van der Waals surface area contributed by atoms with Crippen LogP contribution in [0.2, 0.25) is 0 Å². The summed E-state index contributed by atoms with van der Waals surface area (Å²) in [6, 6.07) is 6.03. The number of unbranched alkanes of at least 4 members (excludes halogenated alkanes) is 1. The molecule has 0 N–H and O–H groups in total. The van der Waals surface area contributed by atoms with Gasteiger partial charge < -0.3 is 4.74 Å². The van der Waals surface area contributed by atoms with E-state index in [0.29, 0.717) is 12.2 Å². The molecular weight excluding hydrogens is 207 g/mol. The third-order valence-corrected chi connectivity index (χ3v) is 2.00. The van der Waals surface area contributed by atoms with E-state index in [0.717, 1.165) is 12.8 Å². The first-order valence-corrected chi connectivity index (χ1v) is 5.33. The maximum Gasteiger partial charge on any atom is 0.330 e. The Morgan fingerprint density at radius 2 is 2.31 bits per heavy atom. The van der Waals surface area contributed by atoms with E-state index in [2.05, 4.69) is 0 Å². The van der Waals surface area contributed by atoms with Crippen molar-refractivity contribution in [1.82, 2.24) is 0 Å². The third-order valence-electron chi connectivity index (χ3n) is 2.00. The monoisotopic (exact) mass is 222 g/mol. The maximum absolute atomic E-state index is 12.8. The van der Waals surface area contributed by atoms with E-state index in [1.807, 2.05) is 6.92 Å². The van der Waals surface area contributed by atoms with Crippen molar-refractivity contribution in [3.63, 3.8) is 0 Å². The smallest absolute Gasteiger partial charge is 0.330 e. The summed E-state index contributed by atoms with van der Waals surface area (Å²) in [7, 11) is 0. The van der Waals surface area contributed by atoms with Crippen LogP contribution in [0, 0.1) is 5.82 Å². The van der Waals surface area contributed by atoms with Crippen LogP contribution >= 0.6 is 0 Å². The van der Waals surface area contributed by atoms with Crippen LogP contribution in [0.4, 0.5) is 4.39 Å². The molecule has 1 rings (SSSR count). The standard InChI is InChI=1S/C13H15FO2/c1-2-3-9-16-13(15)8-7-11-5-4-6-12(14)10-11/h4-8,10H,2-3,9H2,1H3/b8-7+. The zero-order valence-electron chi connectivity index (χ0n) is 9.28. The minimum Gasteiger partial charge on any atom is -0.463 e. The molecule has 0 aliphatic rings. The molecule has 1 aromatic carbocycles. The van der Waals surface area contributed by atoms with Crippen LogP contribution in [0.1, 0.15) is 25.3 Å². The van der Waals surface area contributed by atoms with Crippen molar-refractivity contribution < 1.29 is 13.9 Å². The normalized spacial score (nSPS) is 10.6. The van der Waals surface area contributed by atoms with E-state index in [1.165, 1.54) is 24.3 Å². The van der Waals surface area contributed by atoms with E-state index >= 15 is 0 Å². The number of rotatable bonds is 5. The van der Waals surface area contributed by atoms with Gasteiger partial charge in [0.25, 0.3) is 0 Å². The first kappa shape index (κ1) is 12.4. The van der Waals surface area contributed by atoms with Gasteiger partial charge in [-0.15, -0.1) is 0 Å². The molecule has 0 saturated carbocycles. The molecule has 0 saturated heterocycles. The summed E-state index contributed by atoms with van der Waals surface area (Å²) >= 11 is 0. The number of halogens is 1. The van der Waals surface area contributed by atoms with Crippen LogP contribution in [0.3, 0.4) is 0 Å². The van der Waals surface area contributed by atoms with E-state index in [4.69, 9.17) is 4.74 Å². The van der Waals surface area contributed by atoms with Crippen molar-refractivity contribution >= 4 is 12.0 Å². The first-order valence-electron chi connectivity index (χ1n) is 5.33. The Balaban J connectivity index is 2.44. The highest BCUT2D eigenvalue weighted by Gasteiger charge is 1.96. The van der Waals surface area contributed by atoms with Gasteiger partial charge in [0.2, 0.25) is 0 Å². The van der Waals surface area contributed by atoms with Crippen LogP contribution in [0.15, 0.2) is 30.3 Å². The number of hydrogen-bond donors (Lipinski definition) is 0. The summed E-state index contributed by atoms with van der Waals surface area (Å²) in [6.07, 6.45) is 4.70. The topological polar surface area (TPSA) is 26.3 Å². The lowest BCUT2D eigenvalue weighted by atomic mass is 10.2. The SMILES string of the molecule is CCCCOC(=O)/C=C/c1cccc(F)c1. The third kappa shape index (κ3) is 4.73. The molecule has 2 nitrogen and oxygen atoms in total. The second kappa shape index (κ2) is 6.77. The molecule has 0 aliphatic heterocycles. The summed E-state index contributed by atoms with van der Waals surface area (Å²) in [5.41, 5.74) is 0.646. The predicted molar refractivity (Wildman–Crippen MR) is 61.3 cm³/mol. The van der Waals surface area contributed by atoms with Gasteiger partial charge in [-0.2, -0.15) is 0 Å². The minimum atomic E-state index is -0.391. The Kier molecular flexibility index (Phi) is 5.26. The average Bonchev–Trinajstić information content (AvgIpc) is 2.27. The molecule has 0 radical (unpaired) electrons. The van der Waals surface area contributed by atoms with E-state index in [-0.39, 0.29) is 5.82 Å². The number of ether oxygens (including phenoxy) is 1. The summed E-state index contributed by atoms with van der Waals surface area (Å²) in [4.78, 5) is 11.2. The van der Waals surface area contributed by atoms with Gasteiger partial charge in [-0.05, 0) is 30.2 Å². The molecule has 86 valence electrons. The van der Waals surface area contributed by atoms with Crippen molar-refractivity contribution in [2.24, 2.45) is 0 Å². The van der Waals surface area contributed by atoms with Crippen molar-refractivity contribution in [2.45, 2.75) is 19.8 Å². The highest BCUT2D eigenvalue weighted by atomic mass is 19.1. The van der Waals surface area contributed by atoms with E-state index in [1.54, 1.807) is 12.1 Å². The van der Waals surface area contributed by atoms with Gasteiger partial charge in [-0.25, -0.2) is 9.18 Å². The largest absolute Gasteiger partial charge is 0.463 e. The molecule has 3 heteroatoms. The fourth-order valence-corrected chi connectivity index (χ4v) is 1.14. The molecule has 0 bridgehead atoms.